The van der Waals surface area contributed by atoms with E-state index in [0.717, 1.165) is 41.8 Å². The van der Waals surface area contributed by atoms with Crippen LogP contribution in [0.15, 0.2) is 18.5 Å². The number of carbonyl (C=O) groups excluding carboxylic acids is 2. The van der Waals surface area contributed by atoms with Gasteiger partial charge >= 0.3 is 0 Å². The lowest BCUT2D eigenvalue weighted by Gasteiger charge is -2.27. The van der Waals surface area contributed by atoms with E-state index in [1.54, 1.807) is 16.2 Å². The van der Waals surface area contributed by atoms with E-state index >= 15 is 0 Å². The van der Waals surface area contributed by atoms with E-state index in [4.69, 9.17) is 0 Å². The highest BCUT2D eigenvalue weighted by Crippen LogP contribution is 2.43. The molecule has 26 heavy (non-hydrogen) atoms. The van der Waals surface area contributed by atoms with E-state index in [9.17, 15) is 9.59 Å². The number of anilines is 1. The number of nitrogens with one attached hydrogen (secondary N) is 1. The average molecular weight is 369 g/mol. The maximum atomic E-state index is 12.0. The maximum Gasteiger partial charge on any atom is 0.227 e. The molecule has 1 N–H and O–H groups in total. The molecule has 4 rings (SSSR count). The zero-order valence-corrected chi connectivity index (χ0v) is 16.0. The first-order chi connectivity index (χ1) is 12.6. The van der Waals surface area contributed by atoms with E-state index in [1.807, 2.05) is 26.4 Å². The normalized spacial score (nSPS) is 19.1. The molecule has 2 aromatic heterocycles. The van der Waals surface area contributed by atoms with Gasteiger partial charge in [-0.15, -0.1) is 11.3 Å². The molecule has 0 unspecified atom stereocenters. The van der Waals surface area contributed by atoms with Gasteiger partial charge in [0.15, 0.2) is 0 Å². The van der Waals surface area contributed by atoms with Gasteiger partial charge in [-0.25, -0.2) is 0 Å². The average Bonchev–Trinajstić information content (AvgIpc) is 3.09. The molecule has 2 aromatic rings. The van der Waals surface area contributed by atoms with Crippen LogP contribution >= 0.6 is 11.3 Å². The highest BCUT2D eigenvalue weighted by Gasteiger charge is 2.27. The third-order valence-electron chi connectivity index (χ3n) is 5.38. The Morgan fingerprint density at radius 3 is 3.00 bits per heavy atom. The van der Waals surface area contributed by atoms with E-state index in [2.05, 4.69) is 16.4 Å². The summed E-state index contributed by atoms with van der Waals surface area (Å²) in [5.74, 6) is 0.265. The molecule has 136 valence electrons. The van der Waals surface area contributed by atoms with Crippen LogP contribution in [0.5, 0.6) is 0 Å². The molecule has 6 heteroatoms. The Hall–Kier alpha value is -2.21. The van der Waals surface area contributed by atoms with Crippen molar-refractivity contribution in [1.29, 1.82) is 0 Å². The minimum absolute atomic E-state index is 0.0532. The molecule has 1 atom stereocenters. The van der Waals surface area contributed by atoms with Crippen molar-refractivity contribution in [2.24, 2.45) is 0 Å². The standard InChI is InChI=1S/C20H23N3O2S/c1-3-18(24)22-16-6-4-5-13-14(16)10-21-11-15(13)17-9-12-7-8-19(25)23(2)20(12)26-17/h9-11,16H,3-8H2,1-2H3,(H,22,24)/t16-/m1/s1. The number of pyridine rings is 1. The number of thiophene rings is 1. The van der Waals surface area contributed by atoms with E-state index in [1.165, 1.54) is 16.0 Å². The van der Waals surface area contributed by atoms with E-state index in [-0.39, 0.29) is 17.9 Å². The molecule has 0 radical (unpaired) electrons. The number of rotatable bonds is 3. The Balaban J connectivity index is 1.73. The summed E-state index contributed by atoms with van der Waals surface area (Å²) in [6, 6.07) is 2.27. The predicted molar refractivity (Wildman–Crippen MR) is 103 cm³/mol. The van der Waals surface area contributed by atoms with Gasteiger partial charge in [-0.05, 0) is 48.4 Å². The molecule has 0 fully saturated rings. The largest absolute Gasteiger partial charge is 0.349 e. The summed E-state index contributed by atoms with van der Waals surface area (Å²) in [6.07, 6.45) is 8.75. The fourth-order valence-electron chi connectivity index (χ4n) is 3.92. The van der Waals surface area contributed by atoms with Crippen LogP contribution in [0.4, 0.5) is 5.00 Å². The van der Waals surface area contributed by atoms with Gasteiger partial charge in [0.2, 0.25) is 11.8 Å². The van der Waals surface area contributed by atoms with Gasteiger partial charge in [0.1, 0.15) is 5.00 Å². The summed E-state index contributed by atoms with van der Waals surface area (Å²) < 4.78 is 0. The summed E-state index contributed by atoms with van der Waals surface area (Å²) in [5.41, 5.74) is 4.83. The van der Waals surface area contributed by atoms with Crippen LogP contribution in [0.1, 0.15) is 55.3 Å². The first-order valence-electron chi connectivity index (χ1n) is 9.24. The lowest BCUT2D eigenvalue weighted by Crippen LogP contribution is -2.30. The van der Waals surface area contributed by atoms with Gasteiger partial charge in [0.05, 0.1) is 6.04 Å². The molecule has 0 saturated carbocycles. The highest BCUT2D eigenvalue weighted by atomic mass is 32.1. The number of hydrogen-bond donors (Lipinski definition) is 1. The molecule has 5 nitrogen and oxygen atoms in total. The molecule has 0 spiro atoms. The van der Waals surface area contributed by atoms with Crippen molar-refractivity contribution in [3.63, 3.8) is 0 Å². The van der Waals surface area contributed by atoms with Gasteiger partial charge in [-0.1, -0.05) is 6.92 Å². The van der Waals surface area contributed by atoms with Gasteiger partial charge < -0.3 is 10.2 Å². The van der Waals surface area contributed by atoms with Crippen LogP contribution < -0.4 is 10.2 Å². The first kappa shape index (κ1) is 17.2. The predicted octanol–water partition coefficient (Wildman–Crippen LogP) is 3.62. The number of aromatic nitrogens is 1. The quantitative estimate of drug-likeness (QED) is 0.899. The van der Waals surface area contributed by atoms with Crippen LogP contribution in [-0.2, 0) is 22.4 Å². The summed E-state index contributed by atoms with van der Waals surface area (Å²) in [4.78, 5) is 31.3. The molecule has 2 aliphatic rings. The van der Waals surface area contributed by atoms with Gasteiger partial charge in [-0.2, -0.15) is 0 Å². The van der Waals surface area contributed by atoms with Crippen LogP contribution in [-0.4, -0.2) is 23.8 Å². The molecule has 0 saturated heterocycles. The summed E-state index contributed by atoms with van der Waals surface area (Å²) in [6.45, 7) is 1.88. The smallest absolute Gasteiger partial charge is 0.227 e. The fraction of sp³-hybridized carbons (Fsp3) is 0.450. The Kier molecular flexibility index (Phi) is 4.53. The number of hydrogen-bond acceptors (Lipinski definition) is 4. The molecule has 1 aliphatic heterocycles. The molecule has 1 aliphatic carbocycles. The van der Waals surface area contributed by atoms with Crippen LogP contribution in [0.2, 0.25) is 0 Å². The molecule has 0 aromatic carbocycles. The molecule has 2 amide bonds. The number of aryl methyl sites for hydroxylation is 1. The monoisotopic (exact) mass is 369 g/mol. The second kappa shape index (κ2) is 6.83. The summed E-state index contributed by atoms with van der Waals surface area (Å²) >= 11 is 1.67. The van der Waals surface area contributed by atoms with Gasteiger partial charge in [0, 0.05) is 42.7 Å². The second-order valence-corrected chi connectivity index (χ2v) is 8.05. The van der Waals surface area contributed by atoms with Gasteiger partial charge in [0.25, 0.3) is 0 Å². The third-order valence-corrected chi connectivity index (χ3v) is 6.67. The second-order valence-electron chi connectivity index (χ2n) is 7.01. The van der Waals surface area contributed by atoms with Crippen LogP contribution in [0.3, 0.4) is 0 Å². The topological polar surface area (TPSA) is 62.3 Å². The van der Waals surface area contributed by atoms with E-state index < -0.39 is 0 Å². The van der Waals surface area contributed by atoms with Crippen LogP contribution in [0, 0.1) is 0 Å². The Bertz CT molecular complexity index is 874. The number of fused-ring (bicyclic) bond motifs is 2. The number of nitrogens with zero attached hydrogens (tertiary/aromatic N) is 2. The summed E-state index contributed by atoms with van der Waals surface area (Å²) in [7, 11) is 1.86. The number of carbonyl (C=O) groups is 2. The first-order valence-corrected chi connectivity index (χ1v) is 10.1. The zero-order valence-electron chi connectivity index (χ0n) is 15.2. The third kappa shape index (κ3) is 2.92. The maximum absolute atomic E-state index is 12.0. The Morgan fingerprint density at radius 1 is 1.35 bits per heavy atom. The number of amides is 2. The molecule has 3 heterocycles. The van der Waals surface area contributed by atoms with Gasteiger partial charge in [-0.3, -0.25) is 14.6 Å². The zero-order chi connectivity index (χ0) is 18.3. The van der Waals surface area contributed by atoms with Crippen LogP contribution in [0.25, 0.3) is 10.4 Å². The molecular weight excluding hydrogens is 346 g/mol. The van der Waals surface area contributed by atoms with Crippen molar-refractivity contribution >= 4 is 28.2 Å². The minimum Gasteiger partial charge on any atom is -0.349 e. The minimum atomic E-state index is 0.0532. The Morgan fingerprint density at radius 2 is 2.19 bits per heavy atom. The van der Waals surface area contributed by atoms with Crippen molar-refractivity contribution in [3.8, 4) is 10.4 Å². The summed E-state index contributed by atoms with van der Waals surface area (Å²) in [5, 5.41) is 4.19. The van der Waals surface area contributed by atoms with Crippen molar-refractivity contribution in [2.75, 3.05) is 11.9 Å². The fourth-order valence-corrected chi connectivity index (χ4v) is 5.14. The molecular formula is C20H23N3O2S. The highest BCUT2D eigenvalue weighted by molar-refractivity contribution is 7.19. The van der Waals surface area contributed by atoms with Crippen molar-refractivity contribution in [2.45, 2.75) is 51.5 Å². The van der Waals surface area contributed by atoms with Crippen molar-refractivity contribution in [1.82, 2.24) is 10.3 Å². The SMILES string of the molecule is CCC(=O)N[C@@H]1CCCc2c(-c3cc4c(s3)N(C)C(=O)CC4)cncc21. The van der Waals surface area contributed by atoms with Crippen molar-refractivity contribution < 1.29 is 9.59 Å². The van der Waals surface area contributed by atoms with Crippen molar-refractivity contribution in [3.05, 3.63) is 35.2 Å². The Labute approximate surface area is 157 Å². The lowest BCUT2D eigenvalue weighted by molar-refractivity contribution is -0.121. The lowest BCUT2D eigenvalue weighted by atomic mass is 9.86. The van der Waals surface area contributed by atoms with E-state index in [0.29, 0.717) is 12.8 Å². The molecule has 0 bridgehead atoms.